The molecule has 4 rings (SSSR count). The first-order valence-electron chi connectivity index (χ1n) is 9.61. The summed E-state index contributed by atoms with van der Waals surface area (Å²) in [6, 6.07) is 8.73. The van der Waals surface area contributed by atoms with Gasteiger partial charge in [0, 0.05) is 52.6 Å². The molecule has 2 aromatic rings. The Balaban J connectivity index is 1.64. The van der Waals surface area contributed by atoms with Crippen LogP contribution in [0.5, 0.6) is 0 Å². The summed E-state index contributed by atoms with van der Waals surface area (Å²) in [5, 5.41) is 4.23. The van der Waals surface area contributed by atoms with Crippen molar-refractivity contribution in [1.82, 2.24) is 19.9 Å². The van der Waals surface area contributed by atoms with E-state index in [2.05, 4.69) is 46.1 Å². The van der Waals surface area contributed by atoms with Crippen LogP contribution in [0.15, 0.2) is 28.8 Å². The molecule has 1 fully saturated rings. The summed E-state index contributed by atoms with van der Waals surface area (Å²) >= 11 is 0. The minimum Gasteiger partial charge on any atom is -0.384 e. The number of aromatic nitrogens is 2. The summed E-state index contributed by atoms with van der Waals surface area (Å²) < 4.78 is 11.0. The second-order valence-corrected chi connectivity index (χ2v) is 7.33. The zero-order valence-electron chi connectivity index (χ0n) is 15.8. The van der Waals surface area contributed by atoms with Gasteiger partial charge in [0.25, 0.3) is 0 Å². The van der Waals surface area contributed by atoms with Gasteiger partial charge >= 0.3 is 0 Å². The Morgan fingerprint density at radius 3 is 2.42 bits per heavy atom. The Kier molecular flexibility index (Phi) is 5.07. The quantitative estimate of drug-likeness (QED) is 0.788. The number of methoxy groups -OCH3 is 1. The van der Waals surface area contributed by atoms with Gasteiger partial charge < -0.3 is 14.2 Å². The number of rotatable bonds is 6. The Bertz CT molecular complexity index is 712. The highest BCUT2D eigenvalue weighted by molar-refractivity contribution is 5.38. The molecule has 0 N–H and O–H groups in total. The number of hydrogen-bond donors (Lipinski definition) is 0. The minimum absolute atomic E-state index is 0.207. The fourth-order valence-electron chi connectivity index (χ4n) is 4.34. The van der Waals surface area contributed by atoms with Crippen molar-refractivity contribution in [3.63, 3.8) is 0 Å². The Morgan fingerprint density at radius 1 is 1.12 bits per heavy atom. The number of nitrogens with zero attached hydrogens (tertiary/aromatic N) is 4. The topological polar surface area (TPSA) is 54.6 Å². The van der Waals surface area contributed by atoms with Gasteiger partial charge in [0.05, 0.1) is 6.61 Å². The number of hydrogen-bond acceptors (Lipinski definition) is 6. The van der Waals surface area contributed by atoms with Crippen LogP contribution in [0.3, 0.4) is 0 Å². The van der Waals surface area contributed by atoms with Crippen LogP contribution in [0.2, 0.25) is 0 Å². The fourth-order valence-corrected chi connectivity index (χ4v) is 4.34. The lowest BCUT2D eigenvalue weighted by Gasteiger charge is -2.43. The van der Waals surface area contributed by atoms with Crippen LogP contribution in [-0.2, 0) is 29.5 Å². The van der Waals surface area contributed by atoms with Crippen molar-refractivity contribution in [3.8, 4) is 0 Å². The summed E-state index contributed by atoms with van der Waals surface area (Å²) in [6.45, 7) is 8.23. The number of fused-ring (bicyclic) bond motifs is 1. The average molecular weight is 356 g/mol. The molecule has 6 heteroatoms. The smallest absolute Gasteiger partial charge is 0.247 e. The van der Waals surface area contributed by atoms with Gasteiger partial charge in [0.1, 0.15) is 5.54 Å². The highest BCUT2D eigenvalue weighted by Gasteiger charge is 2.48. The molecule has 0 unspecified atom stereocenters. The lowest BCUT2D eigenvalue weighted by Crippen LogP contribution is -2.56. The van der Waals surface area contributed by atoms with Crippen molar-refractivity contribution < 1.29 is 9.26 Å². The van der Waals surface area contributed by atoms with E-state index in [0.717, 1.165) is 57.3 Å². The maximum atomic E-state index is 5.81. The predicted octanol–water partition coefficient (Wildman–Crippen LogP) is 1.89. The molecule has 0 radical (unpaired) electrons. The standard InChI is InChI=1S/C20H28N4O2/c1-3-23-9-11-24(12-10-23)20(14-16-6-4-5-7-17(16)15-20)19-21-18(22-26-19)8-13-25-2/h4-7H,3,8-15H2,1-2H3. The zero-order chi connectivity index (χ0) is 18.0. The third-order valence-electron chi connectivity index (χ3n) is 5.90. The first kappa shape index (κ1) is 17.6. The van der Waals surface area contributed by atoms with E-state index in [1.807, 2.05) is 0 Å². The molecule has 6 nitrogen and oxygen atoms in total. The second kappa shape index (κ2) is 7.47. The molecule has 2 heterocycles. The maximum absolute atomic E-state index is 5.81. The van der Waals surface area contributed by atoms with Gasteiger partial charge in [0.15, 0.2) is 5.82 Å². The minimum atomic E-state index is -0.207. The maximum Gasteiger partial charge on any atom is 0.247 e. The number of benzene rings is 1. The van der Waals surface area contributed by atoms with Crippen molar-refractivity contribution in [1.29, 1.82) is 0 Å². The van der Waals surface area contributed by atoms with Crippen LogP contribution in [0.4, 0.5) is 0 Å². The molecule has 0 saturated carbocycles. The highest BCUT2D eigenvalue weighted by atomic mass is 16.5. The summed E-state index contributed by atoms with van der Waals surface area (Å²) in [5.41, 5.74) is 2.60. The van der Waals surface area contributed by atoms with Crippen LogP contribution in [-0.4, -0.2) is 66.4 Å². The normalized spacial score (nSPS) is 20.4. The van der Waals surface area contributed by atoms with Crippen LogP contribution >= 0.6 is 0 Å². The fraction of sp³-hybridized carbons (Fsp3) is 0.600. The summed E-state index contributed by atoms with van der Waals surface area (Å²) in [6.07, 6.45) is 2.58. The van der Waals surface area contributed by atoms with Crippen molar-refractivity contribution in [2.75, 3.05) is 46.4 Å². The SMILES string of the molecule is CCN1CCN(C2(c3nc(CCOC)no3)Cc3ccccc3C2)CC1. The zero-order valence-corrected chi connectivity index (χ0v) is 15.8. The van der Waals surface area contributed by atoms with E-state index in [9.17, 15) is 0 Å². The molecule has 0 spiro atoms. The van der Waals surface area contributed by atoms with Crippen molar-refractivity contribution in [3.05, 3.63) is 47.1 Å². The average Bonchev–Trinajstić information content (AvgIpc) is 3.31. The van der Waals surface area contributed by atoms with Crippen LogP contribution in [0.1, 0.15) is 29.8 Å². The first-order chi connectivity index (χ1) is 12.7. The molecule has 2 aliphatic rings. The van der Waals surface area contributed by atoms with Crippen LogP contribution in [0.25, 0.3) is 0 Å². The largest absolute Gasteiger partial charge is 0.384 e. The van der Waals surface area contributed by atoms with E-state index < -0.39 is 0 Å². The third-order valence-corrected chi connectivity index (χ3v) is 5.90. The first-order valence-corrected chi connectivity index (χ1v) is 9.61. The van der Waals surface area contributed by atoms with Gasteiger partial charge in [-0.1, -0.05) is 36.3 Å². The summed E-state index contributed by atoms with van der Waals surface area (Å²) in [7, 11) is 1.70. The molecule has 26 heavy (non-hydrogen) atoms. The Labute approximate surface area is 155 Å². The Morgan fingerprint density at radius 2 is 1.81 bits per heavy atom. The molecule has 1 aliphatic carbocycles. The van der Waals surface area contributed by atoms with Crippen LogP contribution < -0.4 is 0 Å². The predicted molar refractivity (Wildman–Crippen MR) is 99.1 cm³/mol. The van der Waals surface area contributed by atoms with Gasteiger partial charge in [-0.25, -0.2) is 0 Å². The van der Waals surface area contributed by atoms with Gasteiger partial charge in [-0.05, 0) is 17.7 Å². The second-order valence-electron chi connectivity index (χ2n) is 7.33. The van der Waals surface area contributed by atoms with Crippen LogP contribution in [0, 0.1) is 0 Å². The van der Waals surface area contributed by atoms with Crippen molar-refractivity contribution in [2.24, 2.45) is 0 Å². The van der Waals surface area contributed by atoms with E-state index in [-0.39, 0.29) is 5.54 Å². The Hall–Kier alpha value is -1.76. The molecule has 1 saturated heterocycles. The molecule has 0 bridgehead atoms. The lowest BCUT2D eigenvalue weighted by molar-refractivity contribution is 0.0156. The highest BCUT2D eigenvalue weighted by Crippen LogP contribution is 2.42. The summed E-state index contributed by atoms with van der Waals surface area (Å²) in [5.74, 6) is 1.51. The molecule has 1 aliphatic heterocycles. The van der Waals surface area contributed by atoms with Gasteiger partial charge in [-0.3, -0.25) is 4.90 Å². The van der Waals surface area contributed by atoms with Gasteiger partial charge in [-0.15, -0.1) is 0 Å². The number of ether oxygens (including phenoxy) is 1. The molecule has 0 amide bonds. The van der Waals surface area contributed by atoms with Gasteiger partial charge in [0.2, 0.25) is 5.89 Å². The number of piperazine rings is 1. The monoisotopic (exact) mass is 356 g/mol. The van der Waals surface area contributed by atoms with E-state index in [0.29, 0.717) is 13.0 Å². The van der Waals surface area contributed by atoms with E-state index in [4.69, 9.17) is 14.2 Å². The van der Waals surface area contributed by atoms with Crippen molar-refractivity contribution in [2.45, 2.75) is 31.7 Å². The molecular weight excluding hydrogens is 328 g/mol. The number of likely N-dealkylation sites (N-methyl/N-ethyl adjacent to an activating group) is 1. The molecule has 140 valence electrons. The third kappa shape index (κ3) is 3.17. The lowest BCUT2D eigenvalue weighted by atomic mass is 9.92. The summed E-state index contributed by atoms with van der Waals surface area (Å²) in [4.78, 5) is 9.87. The molecular formula is C20H28N4O2. The van der Waals surface area contributed by atoms with E-state index in [1.165, 1.54) is 11.1 Å². The van der Waals surface area contributed by atoms with Crippen molar-refractivity contribution >= 4 is 0 Å². The van der Waals surface area contributed by atoms with E-state index in [1.54, 1.807) is 7.11 Å². The van der Waals surface area contributed by atoms with Gasteiger partial charge in [-0.2, -0.15) is 4.98 Å². The molecule has 0 atom stereocenters. The molecule has 1 aromatic carbocycles. The van der Waals surface area contributed by atoms with E-state index >= 15 is 0 Å². The molecule has 1 aromatic heterocycles.